The number of alkyl halides is 3. The zero-order chi connectivity index (χ0) is 27.3. The van der Waals surface area contributed by atoms with E-state index in [2.05, 4.69) is 30.4 Å². The molecule has 0 bridgehead atoms. The van der Waals surface area contributed by atoms with Crippen LogP contribution in [0.1, 0.15) is 11.1 Å². The van der Waals surface area contributed by atoms with Crippen molar-refractivity contribution < 1.29 is 27.8 Å². The van der Waals surface area contributed by atoms with E-state index in [0.717, 1.165) is 18.3 Å². The van der Waals surface area contributed by atoms with Crippen LogP contribution in [0.5, 0.6) is 5.75 Å². The maximum atomic E-state index is 14.4. The number of phenolic OH excluding ortho intramolecular Hbond substituents is 1. The van der Waals surface area contributed by atoms with Crippen LogP contribution in [0.3, 0.4) is 0 Å². The number of piperazine rings is 1. The highest BCUT2D eigenvalue weighted by atomic mass is 35.5. The summed E-state index contributed by atoms with van der Waals surface area (Å²) in [5.41, 5.74) is -0.0539. The Morgan fingerprint density at radius 3 is 2.55 bits per heavy atom. The Morgan fingerprint density at radius 1 is 1.08 bits per heavy atom. The van der Waals surface area contributed by atoms with Gasteiger partial charge in [-0.3, -0.25) is 4.90 Å². The number of hydrogen-bond donors (Lipinski definition) is 3. The highest BCUT2D eigenvalue weighted by Crippen LogP contribution is 2.35. The highest BCUT2D eigenvalue weighted by molar-refractivity contribution is 6.32. The van der Waals surface area contributed by atoms with E-state index in [1.807, 2.05) is 0 Å². The van der Waals surface area contributed by atoms with Crippen LogP contribution in [0.15, 0.2) is 52.8 Å². The maximum Gasteiger partial charge on any atom is 0.416 e. The largest absolute Gasteiger partial charge is 0.506 e. The molecular weight excluding hydrogens is 530 g/mol. The number of β-amino-alcohol motifs (C(OH)–C–C–N with tert-alkyl or cyclic N) is 1. The van der Waals surface area contributed by atoms with Crippen molar-refractivity contribution in [2.45, 2.75) is 12.7 Å². The first-order chi connectivity index (χ1) is 18.1. The third kappa shape index (κ3) is 6.85. The third-order valence-electron chi connectivity index (χ3n) is 5.82. The van der Waals surface area contributed by atoms with Gasteiger partial charge in [0.1, 0.15) is 5.75 Å². The van der Waals surface area contributed by atoms with E-state index in [1.54, 1.807) is 4.90 Å². The molecule has 202 valence electrons. The number of benzene rings is 2. The van der Waals surface area contributed by atoms with Crippen molar-refractivity contribution in [1.82, 2.24) is 14.9 Å². The van der Waals surface area contributed by atoms with Crippen molar-refractivity contribution in [3.05, 3.63) is 64.6 Å². The van der Waals surface area contributed by atoms with Gasteiger partial charge < -0.3 is 20.4 Å². The second kappa shape index (κ2) is 11.9. The Labute approximate surface area is 220 Å². The molecule has 0 atom stereocenters. The van der Waals surface area contributed by atoms with Gasteiger partial charge in [-0.1, -0.05) is 17.7 Å². The lowest BCUT2D eigenvalue weighted by Gasteiger charge is -2.35. The molecule has 0 spiro atoms. The van der Waals surface area contributed by atoms with Crippen LogP contribution >= 0.6 is 11.6 Å². The lowest BCUT2D eigenvalue weighted by Crippen LogP contribution is -2.47. The molecule has 2 aromatic carbocycles. The van der Waals surface area contributed by atoms with Crippen molar-refractivity contribution in [3.8, 4) is 5.75 Å². The number of phenols is 1. The summed E-state index contributed by atoms with van der Waals surface area (Å²) in [6.07, 6.45) is -3.49. The predicted octanol–water partition coefficient (Wildman–Crippen LogP) is 5.14. The average molecular weight is 554 g/mol. The molecule has 14 heteroatoms. The summed E-state index contributed by atoms with van der Waals surface area (Å²) >= 11 is 6.11. The van der Waals surface area contributed by atoms with E-state index in [1.165, 1.54) is 24.3 Å². The summed E-state index contributed by atoms with van der Waals surface area (Å²) in [5, 5.41) is 30.1. The first kappa shape index (κ1) is 27.5. The fourth-order valence-corrected chi connectivity index (χ4v) is 4.15. The lowest BCUT2D eigenvalue weighted by atomic mass is 10.1. The van der Waals surface area contributed by atoms with Gasteiger partial charge in [0.2, 0.25) is 0 Å². The van der Waals surface area contributed by atoms with E-state index in [4.69, 9.17) is 16.7 Å². The van der Waals surface area contributed by atoms with Crippen molar-refractivity contribution >= 4 is 34.7 Å². The minimum atomic E-state index is -4.49. The molecular formula is C24H24ClF4N7O2. The number of aromatic nitrogens is 2. The van der Waals surface area contributed by atoms with Gasteiger partial charge in [-0.2, -0.15) is 23.3 Å². The van der Waals surface area contributed by atoms with E-state index in [-0.39, 0.29) is 46.9 Å². The number of hydrogen-bond acceptors (Lipinski definition) is 9. The fourth-order valence-electron chi connectivity index (χ4n) is 3.91. The second-order valence-corrected chi connectivity index (χ2v) is 8.87. The second-order valence-electron chi connectivity index (χ2n) is 8.46. The Morgan fingerprint density at radius 2 is 1.84 bits per heavy atom. The summed E-state index contributed by atoms with van der Waals surface area (Å²) in [4.78, 5) is 11.8. The van der Waals surface area contributed by atoms with Gasteiger partial charge in [-0.15, -0.1) is 5.11 Å². The molecule has 0 aliphatic carbocycles. The molecule has 0 saturated carbocycles. The Bertz CT molecular complexity index is 1300. The molecule has 4 rings (SSSR count). The first-order valence-electron chi connectivity index (χ1n) is 11.6. The summed E-state index contributed by atoms with van der Waals surface area (Å²) in [7, 11) is 0. The van der Waals surface area contributed by atoms with Crippen LogP contribution < -0.4 is 10.2 Å². The molecule has 0 amide bonds. The van der Waals surface area contributed by atoms with Gasteiger partial charge in [-0.25, -0.2) is 9.37 Å². The molecule has 1 aromatic heterocycles. The highest BCUT2D eigenvalue weighted by Gasteiger charge is 2.30. The Kier molecular flexibility index (Phi) is 8.59. The molecule has 3 N–H and O–H groups in total. The fraction of sp³-hybridized carbons (Fsp3) is 0.333. The van der Waals surface area contributed by atoms with E-state index in [9.17, 15) is 22.7 Å². The van der Waals surface area contributed by atoms with Gasteiger partial charge in [0.15, 0.2) is 11.6 Å². The van der Waals surface area contributed by atoms with Crippen molar-refractivity contribution in [2.75, 3.05) is 49.5 Å². The number of rotatable bonds is 8. The van der Waals surface area contributed by atoms with Crippen LogP contribution in [0.2, 0.25) is 5.02 Å². The van der Waals surface area contributed by atoms with Crippen LogP contribution in [0.4, 0.5) is 40.7 Å². The molecule has 9 nitrogen and oxygen atoms in total. The zero-order valence-corrected chi connectivity index (χ0v) is 20.7. The molecule has 2 heterocycles. The third-order valence-corrected chi connectivity index (χ3v) is 6.11. The predicted molar refractivity (Wildman–Crippen MR) is 134 cm³/mol. The lowest BCUT2D eigenvalue weighted by molar-refractivity contribution is -0.137. The van der Waals surface area contributed by atoms with E-state index in [0.29, 0.717) is 38.4 Å². The van der Waals surface area contributed by atoms with Crippen LogP contribution in [0.25, 0.3) is 0 Å². The summed E-state index contributed by atoms with van der Waals surface area (Å²) in [6.45, 7) is 2.77. The minimum absolute atomic E-state index is 0.0344. The van der Waals surface area contributed by atoms with E-state index < -0.39 is 17.6 Å². The quantitative estimate of drug-likeness (QED) is 0.201. The monoisotopic (exact) mass is 553 g/mol. The van der Waals surface area contributed by atoms with Crippen LogP contribution in [0, 0.1) is 5.82 Å². The number of aromatic hydroxyl groups is 1. The first-order valence-corrected chi connectivity index (χ1v) is 12.0. The van der Waals surface area contributed by atoms with E-state index >= 15 is 0 Å². The molecule has 38 heavy (non-hydrogen) atoms. The normalized spacial score (nSPS) is 14.8. The number of aliphatic hydroxyl groups is 1. The topological polar surface area (TPSA) is 109 Å². The zero-order valence-electron chi connectivity index (χ0n) is 20.0. The molecule has 1 fully saturated rings. The number of aliphatic hydroxyl groups excluding tert-OH is 1. The molecule has 1 saturated heterocycles. The smallest absolute Gasteiger partial charge is 0.416 e. The van der Waals surface area contributed by atoms with Crippen molar-refractivity contribution in [1.29, 1.82) is 0 Å². The summed E-state index contributed by atoms with van der Waals surface area (Å²) < 4.78 is 53.4. The minimum Gasteiger partial charge on any atom is -0.506 e. The number of nitrogens with one attached hydrogen (secondary N) is 1. The van der Waals surface area contributed by atoms with Crippen LogP contribution in [-0.4, -0.2) is 64.4 Å². The molecule has 1 aliphatic rings. The number of nitrogens with zero attached hydrogens (tertiary/aromatic N) is 6. The average Bonchev–Trinajstić information content (AvgIpc) is 2.88. The summed E-state index contributed by atoms with van der Waals surface area (Å²) in [5.74, 6) is -0.849. The SMILES string of the molecule is OCCN1CCN(c2nc(N=NCc3cc(Nc4cccc(C(F)(F)F)c4)cc(Cl)c3O)ncc2F)CC1. The number of anilines is 3. The van der Waals surface area contributed by atoms with Crippen LogP contribution in [-0.2, 0) is 12.7 Å². The summed E-state index contributed by atoms with van der Waals surface area (Å²) in [6, 6.07) is 7.49. The molecule has 0 unspecified atom stereocenters. The molecule has 0 radical (unpaired) electrons. The maximum absolute atomic E-state index is 14.4. The number of azo groups is 1. The molecule has 3 aromatic rings. The van der Waals surface area contributed by atoms with Gasteiger partial charge in [-0.05, 0) is 30.3 Å². The van der Waals surface area contributed by atoms with Crippen molar-refractivity contribution in [2.24, 2.45) is 10.2 Å². The van der Waals surface area contributed by atoms with Gasteiger partial charge in [0.05, 0.1) is 29.9 Å². The van der Waals surface area contributed by atoms with Gasteiger partial charge in [0, 0.05) is 49.7 Å². The Balaban J connectivity index is 1.46. The molecule has 1 aliphatic heterocycles. The van der Waals surface area contributed by atoms with Gasteiger partial charge in [0.25, 0.3) is 5.95 Å². The number of halogens is 5. The standard InChI is InChI=1S/C24H24ClF4N7O2/c25-19-12-18(32-17-3-1-2-16(11-17)24(27,28)29)10-15(21(19)38)13-31-34-23-30-14-20(26)22(33-23)36-6-4-35(5-7-36)8-9-37/h1-3,10-12,14,32,37-38H,4-9,13H2. The Hall–Kier alpha value is -3.55. The van der Waals surface area contributed by atoms with Gasteiger partial charge >= 0.3 is 6.18 Å². The van der Waals surface area contributed by atoms with Crippen molar-refractivity contribution in [3.63, 3.8) is 0 Å².